The minimum Gasteiger partial charge on any atom is -0.0816 e. The van der Waals surface area contributed by atoms with E-state index in [9.17, 15) is 0 Å². The van der Waals surface area contributed by atoms with E-state index < -0.39 is 0 Å². The summed E-state index contributed by atoms with van der Waals surface area (Å²) in [6, 6.07) is 0. The Hall–Kier alpha value is -0.520. The summed E-state index contributed by atoms with van der Waals surface area (Å²) in [7, 11) is 0. The third-order valence-electron chi connectivity index (χ3n) is 6.84. The minimum atomic E-state index is 0.649. The Labute approximate surface area is 139 Å². The van der Waals surface area contributed by atoms with Gasteiger partial charge in [-0.25, -0.2) is 0 Å². The Bertz CT molecular complexity index is 423. The van der Waals surface area contributed by atoms with Crippen LogP contribution in [0.3, 0.4) is 0 Å². The normalized spacial score (nSPS) is 36.8. The first-order chi connectivity index (χ1) is 10.3. The molecule has 0 spiro atoms. The second-order valence-electron chi connectivity index (χ2n) is 8.89. The molecule has 0 radical (unpaired) electrons. The predicted molar refractivity (Wildman–Crippen MR) is 98.9 cm³/mol. The molecule has 2 aliphatic rings. The first-order valence-electron chi connectivity index (χ1n) is 9.66. The van der Waals surface area contributed by atoms with E-state index >= 15 is 0 Å². The highest BCUT2D eigenvalue weighted by atomic mass is 14.6. The van der Waals surface area contributed by atoms with Crippen molar-refractivity contribution in [3.63, 3.8) is 0 Å². The fourth-order valence-corrected chi connectivity index (χ4v) is 5.83. The lowest BCUT2D eigenvalue weighted by Crippen LogP contribution is -2.38. The van der Waals surface area contributed by atoms with Crippen molar-refractivity contribution in [3.05, 3.63) is 23.3 Å². The summed E-state index contributed by atoms with van der Waals surface area (Å²) in [6.07, 6.45) is 14.8. The molecule has 0 amide bonds. The van der Waals surface area contributed by atoms with Gasteiger partial charge in [-0.15, -0.1) is 0 Å². The molecule has 0 saturated heterocycles. The number of allylic oxidation sites excluding steroid dienone is 4. The van der Waals surface area contributed by atoms with Gasteiger partial charge in [-0.2, -0.15) is 0 Å². The van der Waals surface area contributed by atoms with E-state index in [1.807, 2.05) is 0 Å². The van der Waals surface area contributed by atoms with Gasteiger partial charge >= 0.3 is 0 Å². The highest BCUT2D eigenvalue weighted by Crippen LogP contribution is 2.59. The topological polar surface area (TPSA) is 0 Å². The van der Waals surface area contributed by atoms with Gasteiger partial charge in [0.1, 0.15) is 0 Å². The Morgan fingerprint density at radius 1 is 1.18 bits per heavy atom. The Morgan fingerprint density at radius 3 is 2.59 bits per heavy atom. The Morgan fingerprint density at radius 2 is 1.91 bits per heavy atom. The van der Waals surface area contributed by atoms with Crippen molar-refractivity contribution < 1.29 is 0 Å². The monoisotopic (exact) mass is 302 g/mol. The lowest BCUT2D eigenvalue weighted by Gasteiger charge is -2.46. The molecule has 0 aromatic carbocycles. The zero-order valence-corrected chi connectivity index (χ0v) is 15.9. The van der Waals surface area contributed by atoms with E-state index in [0.29, 0.717) is 5.41 Å². The average molecular weight is 303 g/mol. The average Bonchev–Trinajstić information content (AvgIpc) is 2.76. The SMILES string of the molecule is CC(C)=C/C(C)=C/CCC(C)C1CCC2[C@H](C)CCC[C@@]12C. The third kappa shape index (κ3) is 3.87. The van der Waals surface area contributed by atoms with Gasteiger partial charge in [0, 0.05) is 0 Å². The fraction of sp³-hybridized carbons (Fsp3) is 0.818. The van der Waals surface area contributed by atoms with E-state index in [1.54, 1.807) is 0 Å². The maximum absolute atomic E-state index is 2.63. The van der Waals surface area contributed by atoms with Crippen LogP contribution in [0.1, 0.15) is 86.5 Å². The van der Waals surface area contributed by atoms with Crippen LogP contribution in [-0.4, -0.2) is 0 Å². The third-order valence-corrected chi connectivity index (χ3v) is 6.84. The van der Waals surface area contributed by atoms with Crippen LogP contribution in [-0.2, 0) is 0 Å². The molecule has 0 aromatic heterocycles. The van der Waals surface area contributed by atoms with Crippen LogP contribution in [0.4, 0.5) is 0 Å². The minimum absolute atomic E-state index is 0.649. The molecule has 0 nitrogen and oxygen atoms in total. The molecule has 2 saturated carbocycles. The summed E-state index contributed by atoms with van der Waals surface area (Å²) in [5.41, 5.74) is 3.49. The summed E-state index contributed by atoms with van der Waals surface area (Å²) in [6.45, 7) is 14.3. The molecule has 0 heterocycles. The highest BCUT2D eigenvalue weighted by Gasteiger charge is 2.50. The van der Waals surface area contributed by atoms with Crippen molar-refractivity contribution in [2.24, 2.45) is 29.1 Å². The number of hydrogen-bond donors (Lipinski definition) is 0. The van der Waals surface area contributed by atoms with Crippen LogP contribution in [0.2, 0.25) is 0 Å². The van der Waals surface area contributed by atoms with Crippen molar-refractivity contribution in [1.29, 1.82) is 0 Å². The Kier molecular flexibility index (Phi) is 5.97. The number of rotatable bonds is 5. The molecule has 2 aliphatic carbocycles. The molecule has 5 atom stereocenters. The molecule has 0 aliphatic heterocycles. The van der Waals surface area contributed by atoms with Crippen LogP contribution >= 0.6 is 0 Å². The van der Waals surface area contributed by atoms with E-state index in [2.05, 4.69) is 53.7 Å². The lowest BCUT2D eigenvalue weighted by atomic mass is 9.59. The zero-order valence-electron chi connectivity index (χ0n) is 15.9. The molecule has 126 valence electrons. The smallest absolute Gasteiger partial charge is 0.0264 e. The molecule has 2 fully saturated rings. The lowest BCUT2D eigenvalue weighted by molar-refractivity contribution is 0.0354. The Balaban J connectivity index is 1.93. The van der Waals surface area contributed by atoms with Gasteiger partial charge in [0.05, 0.1) is 0 Å². The van der Waals surface area contributed by atoms with Crippen LogP contribution in [0.15, 0.2) is 23.3 Å². The predicted octanol–water partition coefficient (Wildman–Crippen LogP) is 7.17. The van der Waals surface area contributed by atoms with Crippen LogP contribution in [0, 0.1) is 29.1 Å². The molecule has 2 rings (SSSR count). The summed E-state index contributed by atoms with van der Waals surface area (Å²) >= 11 is 0. The van der Waals surface area contributed by atoms with Gasteiger partial charge in [0.15, 0.2) is 0 Å². The molecule has 0 aromatic rings. The largest absolute Gasteiger partial charge is 0.0816 e. The molecular weight excluding hydrogens is 264 g/mol. The van der Waals surface area contributed by atoms with Crippen molar-refractivity contribution in [3.8, 4) is 0 Å². The first kappa shape index (κ1) is 17.8. The van der Waals surface area contributed by atoms with Crippen molar-refractivity contribution in [2.75, 3.05) is 0 Å². The van der Waals surface area contributed by atoms with Crippen LogP contribution in [0.5, 0.6) is 0 Å². The fourth-order valence-electron chi connectivity index (χ4n) is 5.83. The quantitative estimate of drug-likeness (QED) is 0.472. The molecule has 3 unspecified atom stereocenters. The summed E-state index contributed by atoms with van der Waals surface area (Å²) < 4.78 is 0. The van der Waals surface area contributed by atoms with E-state index in [4.69, 9.17) is 0 Å². The second-order valence-corrected chi connectivity index (χ2v) is 8.89. The molecule has 22 heavy (non-hydrogen) atoms. The second kappa shape index (κ2) is 7.37. The van der Waals surface area contributed by atoms with Gasteiger partial charge in [0.25, 0.3) is 0 Å². The van der Waals surface area contributed by atoms with Gasteiger partial charge in [-0.1, -0.05) is 56.9 Å². The highest BCUT2D eigenvalue weighted by molar-refractivity contribution is 5.19. The molecule has 0 bridgehead atoms. The van der Waals surface area contributed by atoms with Gasteiger partial charge in [-0.3, -0.25) is 0 Å². The summed E-state index contributed by atoms with van der Waals surface area (Å²) in [4.78, 5) is 0. The summed E-state index contributed by atoms with van der Waals surface area (Å²) in [5.74, 6) is 3.83. The molecule has 0 heteroatoms. The number of fused-ring (bicyclic) bond motifs is 1. The van der Waals surface area contributed by atoms with Crippen molar-refractivity contribution >= 4 is 0 Å². The van der Waals surface area contributed by atoms with Crippen LogP contribution < -0.4 is 0 Å². The van der Waals surface area contributed by atoms with Gasteiger partial charge < -0.3 is 0 Å². The van der Waals surface area contributed by atoms with Crippen LogP contribution in [0.25, 0.3) is 0 Å². The molecule has 0 N–H and O–H groups in total. The van der Waals surface area contributed by atoms with E-state index in [-0.39, 0.29) is 0 Å². The zero-order chi connectivity index (χ0) is 16.3. The maximum atomic E-state index is 2.63. The van der Waals surface area contributed by atoms with Gasteiger partial charge in [0.2, 0.25) is 0 Å². The van der Waals surface area contributed by atoms with Gasteiger partial charge in [-0.05, 0) is 82.0 Å². The van der Waals surface area contributed by atoms with E-state index in [0.717, 1.165) is 23.7 Å². The first-order valence-corrected chi connectivity index (χ1v) is 9.66. The maximum Gasteiger partial charge on any atom is -0.0264 e. The van der Waals surface area contributed by atoms with Crippen molar-refractivity contribution in [2.45, 2.75) is 86.5 Å². The number of hydrogen-bond acceptors (Lipinski definition) is 0. The molecular formula is C22H38. The summed E-state index contributed by atoms with van der Waals surface area (Å²) in [5, 5.41) is 0. The van der Waals surface area contributed by atoms with Crippen molar-refractivity contribution in [1.82, 2.24) is 0 Å². The standard InChI is InChI=1S/C22H38/c1-16(2)15-17(3)9-7-10-18(4)20-12-13-21-19(5)11-8-14-22(20,21)6/h9,15,18-21H,7-8,10-14H2,1-6H3/b17-9+/t18?,19-,20?,21?,22+/m1/s1. The van der Waals surface area contributed by atoms with E-state index in [1.165, 1.54) is 56.1 Å².